The first-order valence-corrected chi connectivity index (χ1v) is 10.4. The van der Waals surface area contributed by atoms with Crippen LogP contribution in [-0.2, 0) is 17.8 Å². The second kappa shape index (κ2) is 6.28. The van der Waals surface area contributed by atoms with Crippen LogP contribution in [0.15, 0.2) is 42.0 Å². The number of hydrogen-bond acceptors (Lipinski definition) is 6. The average molecular weight is 422 g/mol. The Morgan fingerprint density at radius 1 is 1.06 bits per heavy atom. The molecule has 0 amide bonds. The van der Waals surface area contributed by atoms with Crippen molar-refractivity contribution in [1.82, 2.24) is 0 Å². The van der Waals surface area contributed by atoms with Gasteiger partial charge in [0, 0.05) is 22.8 Å². The minimum Gasteiger partial charge on any atom is -0.508 e. The molecule has 6 nitrogen and oxygen atoms in total. The molecule has 2 aromatic rings. The molecule has 0 bridgehead atoms. The van der Waals surface area contributed by atoms with E-state index in [1.165, 1.54) is 6.07 Å². The molecule has 3 N–H and O–H groups in total. The van der Waals surface area contributed by atoms with E-state index in [4.69, 9.17) is 14.2 Å². The molecule has 3 aliphatic heterocycles. The average Bonchev–Trinajstić information content (AvgIpc) is 2.93. The van der Waals surface area contributed by atoms with Crippen LogP contribution in [0.4, 0.5) is 0 Å². The van der Waals surface area contributed by atoms with E-state index >= 15 is 0 Å². The molecule has 0 spiro atoms. The van der Waals surface area contributed by atoms with E-state index in [0.29, 0.717) is 34.6 Å². The second-order valence-electron chi connectivity index (χ2n) is 9.25. The van der Waals surface area contributed by atoms with Crippen LogP contribution in [0, 0.1) is 0 Å². The molecule has 5 rings (SSSR count). The summed E-state index contributed by atoms with van der Waals surface area (Å²) in [6.45, 7) is 7.64. The van der Waals surface area contributed by atoms with Gasteiger partial charge in [0.05, 0.1) is 5.56 Å². The van der Waals surface area contributed by atoms with Crippen molar-refractivity contribution in [2.24, 2.45) is 0 Å². The molecule has 0 aliphatic carbocycles. The predicted molar refractivity (Wildman–Crippen MR) is 115 cm³/mol. The Morgan fingerprint density at radius 2 is 1.84 bits per heavy atom. The van der Waals surface area contributed by atoms with Gasteiger partial charge in [0.25, 0.3) is 5.79 Å². The lowest BCUT2D eigenvalue weighted by Gasteiger charge is -2.41. The zero-order valence-corrected chi connectivity index (χ0v) is 18.0. The third-order valence-corrected chi connectivity index (χ3v) is 6.16. The zero-order valence-electron chi connectivity index (χ0n) is 18.0. The van der Waals surface area contributed by atoms with Crippen LogP contribution in [0.5, 0.6) is 23.0 Å². The Hall–Kier alpha value is -2.96. The quantitative estimate of drug-likeness (QED) is 0.636. The molecule has 0 fully saturated rings. The number of hydrogen-bond donors (Lipinski definition) is 3. The Morgan fingerprint density at radius 3 is 2.58 bits per heavy atom. The van der Waals surface area contributed by atoms with Gasteiger partial charge in [-0.15, -0.1) is 0 Å². The van der Waals surface area contributed by atoms with E-state index < -0.39 is 17.0 Å². The summed E-state index contributed by atoms with van der Waals surface area (Å²) in [5.41, 5.74) is 0.782. The van der Waals surface area contributed by atoms with Crippen molar-refractivity contribution in [2.45, 2.75) is 51.1 Å². The van der Waals surface area contributed by atoms with Crippen molar-refractivity contribution in [1.29, 1.82) is 0 Å². The van der Waals surface area contributed by atoms with Crippen molar-refractivity contribution < 1.29 is 29.5 Å². The van der Waals surface area contributed by atoms with Crippen molar-refractivity contribution in [2.75, 3.05) is 6.61 Å². The fraction of sp³-hybridized carbons (Fsp3) is 0.360. The summed E-state index contributed by atoms with van der Waals surface area (Å²) in [7, 11) is 0. The largest absolute Gasteiger partial charge is 0.508 e. The van der Waals surface area contributed by atoms with Crippen molar-refractivity contribution in [3.63, 3.8) is 0 Å². The first-order chi connectivity index (χ1) is 14.5. The van der Waals surface area contributed by atoms with Crippen LogP contribution < -0.4 is 14.2 Å². The zero-order chi connectivity index (χ0) is 22.2. The summed E-state index contributed by atoms with van der Waals surface area (Å²) in [6.07, 6.45) is 6.22. The van der Waals surface area contributed by atoms with Crippen molar-refractivity contribution in [3.05, 3.63) is 64.2 Å². The van der Waals surface area contributed by atoms with E-state index in [9.17, 15) is 15.3 Å². The number of ether oxygens (including phenoxy) is 3. The lowest BCUT2D eigenvalue weighted by atomic mass is 9.80. The highest BCUT2D eigenvalue weighted by Crippen LogP contribution is 2.59. The Kier molecular flexibility index (Phi) is 4.04. The maximum Gasteiger partial charge on any atom is 0.275 e. The van der Waals surface area contributed by atoms with E-state index in [0.717, 1.165) is 11.1 Å². The summed E-state index contributed by atoms with van der Waals surface area (Å²) in [5, 5.41) is 33.8. The lowest BCUT2D eigenvalue weighted by molar-refractivity contribution is -0.272. The summed E-state index contributed by atoms with van der Waals surface area (Å²) >= 11 is 0. The van der Waals surface area contributed by atoms with Crippen LogP contribution in [0.25, 0.3) is 6.08 Å². The molecule has 6 heteroatoms. The van der Waals surface area contributed by atoms with Crippen molar-refractivity contribution >= 4 is 6.08 Å². The maximum atomic E-state index is 11.7. The standard InChI is InChI=1S/C25H26O6/c1-14(2)5-6-16-19(26)8-7-17-22(16)31-25(28)18-11-15-9-10-23(3,4)30-20(15)12-21(18)29-13-24(17,25)27/h5,7-12,26-28H,6,13H2,1-4H3/t24-,25+/m1/s1. The van der Waals surface area contributed by atoms with Crippen LogP contribution in [0.1, 0.15) is 49.9 Å². The molecule has 0 radical (unpaired) electrons. The molecule has 31 heavy (non-hydrogen) atoms. The van der Waals surface area contributed by atoms with Gasteiger partial charge in [-0.1, -0.05) is 17.7 Å². The fourth-order valence-electron chi connectivity index (χ4n) is 4.40. The first kappa shape index (κ1) is 20.0. The normalized spacial score (nSPS) is 26.4. The van der Waals surface area contributed by atoms with Crippen LogP contribution >= 0.6 is 0 Å². The first-order valence-electron chi connectivity index (χ1n) is 10.4. The Labute approximate surface area is 181 Å². The Balaban J connectivity index is 1.66. The SMILES string of the molecule is CC(C)=CCc1c(O)ccc2c1O[C@@]1(O)c3cc4c(cc3OC[C@@]21O)OC(C)(C)C=C4. The third kappa shape index (κ3) is 2.78. The van der Waals surface area contributed by atoms with Crippen LogP contribution in [0.2, 0.25) is 0 Å². The molecule has 3 aliphatic rings. The van der Waals surface area contributed by atoms with Gasteiger partial charge in [-0.3, -0.25) is 0 Å². The highest BCUT2D eigenvalue weighted by Gasteiger charge is 2.65. The molecule has 162 valence electrons. The number of benzene rings is 2. The molecular formula is C25H26O6. The third-order valence-electron chi connectivity index (χ3n) is 6.16. The van der Waals surface area contributed by atoms with Crippen LogP contribution in [0.3, 0.4) is 0 Å². The van der Waals surface area contributed by atoms with E-state index in [-0.39, 0.29) is 18.1 Å². The van der Waals surface area contributed by atoms with E-state index in [1.54, 1.807) is 18.2 Å². The molecule has 0 unspecified atom stereocenters. The van der Waals surface area contributed by atoms with Gasteiger partial charge < -0.3 is 29.5 Å². The van der Waals surface area contributed by atoms with Gasteiger partial charge in [-0.25, -0.2) is 0 Å². The number of phenols is 1. The molecule has 0 saturated heterocycles. The Bertz CT molecular complexity index is 1160. The van der Waals surface area contributed by atoms with Gasteiger partial charge in [0.1, 0.15) is 35.2 Å². The second-order valence-corrected chi connectivity index (χ2v) is 9.25. The van der Waals surface area contributed by atoms with Crippen molar-refractivity contribution in [3.8, 4) is 23.0 Å². The monoisotopic (exact) mass is 422 g/mol. The molecule has 2 aromatic carbocycles. The summed E-state index contributed by atoms with van der Waals surface area (Å²) in [4.78, 5) is 0. The number of fused-ring (bicyclic) bond motifs is 6. The van der Waals surface area contributed by atoms with Gasteiger partial charge in [-0.2, -0.15) is 0 Å². The smallest absolute Gasteiger partial charge is 0.275 e. The van der Waals surface area contributed by atoms with Gasteiger partial charge >= 0.3 is 0 Å². The maximum absolute atomic E-state index is 11.7. The summed E-state index contributed by atoms with van der Waals surface area (Å²) < 4.78 is 18.0. The van der Waals surface area contributed by atoms with Gasteiger partial charge in [0.2, 0.25) is 0 Å². The topological polar surface area (TPSA) is 88.4 Å². The summed E-state index contributed by atoms with van der Waals surface area (Å²) in [6, 6.07) is 6.54. The van der Waals surface area contributed by atoms with E-state index in [1.807, 2.05) is 45.9 Å². The summed E-state index contributed by atoms with van der Waals surface area (Å²) in [5.74, 6) is -0.707. The number of aromatic hydroxyl groups is 1. The number of phenolic OH excluding ortho intramolecular Hbond substituents is 1. The molecule has 0 saturated carbocycles. The minimum absolute atomic E-state index is 0.0484. The highest BCUT2D eigenvalue weighted by molar-refractivity contribution is 5.67. The number of allylic oxidation sites excluding steroid dienone is 2. The predicted octanol–water partition coefficient (Wildman–Crippen LogP) is 3.90. The van der Waals surface area contributed by atoms with E-state index in [2.05, 4.69) is 0 Å². The molecule has 3 heterocycles. The highest BCUT2D eigenvalue weighted by atomic mass is 16.7. The molecule has 0 aromatic heterocycles. The van der Waals surface area contributed by atoms with Crippen LogP contribution in [-0.4, -0.2) is 27.5 Å². The molecular weight excluding hydrogens is 396 g/mol. The van der Waals surface area contributed by atoms with Gasteiger partial charge in [0.15, 0.2) is 5.60 Å². The number of rotatable bonds is 2. The lowest BCUT2D eigenvalue weighted by Crippen LogP contribution is -2.55. The molecule has 2 atom stereocenters. The van der Waals surface area contributed by atoms with Gasteiger partial charge in [-0.05, 0) is 58.4 Å². The number of aliphatic hydroxyl groups is 2. The fourth-order valence-corrected chi connectivity index (χ4v) is 4.40. The minimum atomic E-state index is -2.06.